The third-order valence-corrected chi connectivity index (χ3v) is 9.32. The van der Waals surface area contributed by atoms with Gasteiger partial charge >= 0.3 is 0 Å². The number of unbranched alkanes of at least 4 members (excludes halogenated alkanes) is 3. The minimum absolute atomic E-state index is 0.0128. The van der Waals surface area contributed by atoms with E-state index >= 15 is 0 Å². The summed E-state index contributed by atoms with van der Waals surface area (Å²) in [7, 11) is 0. The molecule has 0 N–H and O–H groups in total. The van der Waals surface area contributed by atoms with Crippen molar-refractivity contribution in [1.82, 2.24) is 9.80 Å². The first-order valence-electron chi connectivity index (χ1n) is 12.0. The quantitative estimate of drug-likeness (QED) is 0.240. The molecule has 0 bridgehead atoms. The molecular formula is C26H46N4S2. The van der Waals surface area contributed by atoms with Gasteiger partial charge in [0.15, 0.2) is 0 Å². The van der Waals surface area contributed by atoms with Crippen LogP contribution in [0.15, 0.2) is 35.3 Å². The number of thioether (sulfide) groups is 2. The molecule has 0 unspecified atom stereocenters. The molecule has 0 radical (unpaired) electrons. The van der Waals surface area contributed by atoms with E-state index in [2.05, 4.69) is 78.3 Å². The van der Waals surface area contributed by atoms with E-state index in [9.17, 15) is 0 Å². The van der Waals surface area contributed by atoms with E-state index in [0.717, 1.165) is 24.6 Å². The molecule has 0 aromatic carbocycles. The molecule has 0 aliphatic carbocycles. The number of aliphatic imine (C=N–C) groups is 2. The third kappa shape index (κ3) is 6.11. The SMILES string of the molecule is C=CCN1C(C)(C)N=C(SCCCCCCSC2=NC(C)(C)N(CC=C)C2(C)C)C1(C)C. The van der Waals surface area contributed by atoms with Gasteiger partial charge in [0.2, 0.25) is 0 Å². The summed E-state index contributed by atoms with van der Waals surface area (Å²) in [5, 5.41) is 2.54. The summed E-state index contributed by atoms with van der Waals surface area (Å²) >= 11 is 3.90. The Morgan fingerprint density at radius 2 is 1.00 bits per heavy atom. The molecule has 0 aromatic rings. The Morgan fingerprint density at radius 3 is 1.31 bits per heavy atom. The van der Waals surface area contributed by atoms with E-state index in [1.54, 1.807) is 0 Å². The van der Waals surface area contributed by atoms with Crippen LogP contribution in [0.4, 0.5) is 0 Å². The van der Waals surface area contributed by atoms with Crippen LogP contribution in [-0.4, -0.2) is 66.9 Å². The molecule has 2 aliphatic rings. The van der Waals surface area contributed by atoms with Gasteiger partial charge in [-0.15, -0.1) is 36.7 Å². The number of rotatable bonds is 11. The van der Waals surface area contributed by atoms with E-state index in [1.807, 2.05) is 35.7 Å². The minimum Gasteiger partial charge on any atom is -0.265 e. The van der Waals surface area contributed by atoms with Crippen LogP contribution in [0.25, 0.3) is 0 Å². The second-order valence-corrected chi connectivity index (χ2v) is 13.0. The van der Waals surface area contributed by atoms with Crippen LogP contribution in [0.1, 0.15) is 81.1 Å². The summed E-state index contributed by atoms with van der Waals surface area (Å²) < 4.78 is 0. The molecule has 0 aromatic heterocycles. The van der Waals surface area contributed by atoms with Gasteiger partial charge in [-0.2, -0.15) is 0 Å². The molecule has 0 amide bonds. The topological polar surface area (TPSA) is 31.2 Å². The maximum atomic E-state index is 5.04. The first kappa shape index (κ1) is 27.7. The van der Waals surface area contributed by atoms with Crippen molar-refractivity contribution in [3.8, 4) is 0 Å². The standard InChI is InChI=1S/C26H46N4S2/c1-11-17-29-23(3,4)21(27-25(29,7)8)31-19-15-13-14-16-20-32-22-24(5,6)30(18-12-2)26(9,10)28-22/h11-12H,1-2,13-20H2,3-10H3. The average Bonchev–Trinajstić information content (AvgIpc) is 2.96. The zero-order chi connectivity index (χ0) is 24.2. The second-order valence-electron chi connectivity index (χ2n) is 10.9. The van der Waals surface area contributed by atoms with Crippen LogP contribution >= 0.6 is 23.5 Å². The van der Waals surface area contributed by atoms with Crippen LogP contribution in [0.2, 0.25) is 0 Å². The van der Waals surface area contributed by atoms with Gasteiger partial charge in [-0.05, 0) is 79.7 Å². The minimum atomic E-state index is -0.149. The van der Waals surface area contributed by atoms with Crippen LogP contribution in [0, 0.1) is 0 Å². The normalized spacial score (nSPS) is 23.8. The van der Waals surface area contributed by atoms with Crippen molar-refractivity contribution < 1.29 is 0 Å². The zero-order valence-corrected chi connectivity index (χ0v) is 23.5. The number of nitrogens with zero attached hydrogens (tertiary/aromatic N) is 4. The van der Waals surface area contributed by atoms with Gasteiger partial charge < -0.3 is 0 Å². The highest BCUT2D eigenvalue weighted by Crippen LogP contribution is 2.40. The summed E-state index contributed by atoms with van der Waals surface area (Å²) in [6.45, 7) is 27.6. The lowest BCUT2D eigenvalue weighted by Gasteiger charge is -2.38. The predicted octanol–water partition coefficient (Wildman–Crippen LogP) is 6.84. The van der Waals surface area contributed by atoms with Crippen molar-refractivity contribution in [3.63, 3.8) is 0 Å². The highest BCUT2D eigenvalue weighted by molar-refractivity contribution is 8.14. The molecule has 0 spiro atoms. The summed E-state index contributed by atoms with van der Waals surface area (Å²) in [5.41, 5.74) is -0.324. The van der Waals surface area contributed by atoms with Crippen molar-refractivity contribution in [2.24, 2.45) is 9.98 Å². The Hall–Kier alpha value is -0.560. The van der Waals surface area contributed by atoms with E-state index in [-0.39, 0.29) is 22.4 Å². The van der Waals surface area contributed by atoms with E-state index in [1.165, 1.54) is 35.8 Å². The Morgan fingerprint density at radius 1 is 0.656 bits per heavy atom. The molecule has 2 aliphatic heterocycles. The highest BCUT2D eigenvalue weighted by atomic mass is 32.2. The van der Waals surface area contributed by atoms with E-state index < -0.39 is 0 Å². The molecule has 182 valence electrons. The third-order valence-electron chi connectivity index (χ3n) is 6.61. The fraction of sp³-hybridized carbons (Fsp3) is 0.769. The van der Waals surface area contributed by atoms with Crippen LogP contribution in [0.5, 0.6) is 0 Å². The van der Waals surface area contributed by atoms with Crippen LogP contribution in [-0.2, 0) is 0 Å². The van der Waals surface area contributed by atoms with E-state index in [4.69, 9.17) is 9.98 Å². The average molecular weight is 479 g/mol. The Bertz CT molecular complexity index is 672. The van der Waals surface area contributed by atoms with Gasteiger partial charge in [-0.1, -0.05) is 25.0 Å². The summed E-state index contributed by atoms with van der Waals surface area (Å²) in [5.74, 6) is 2.30. The Kier molecular flexibility index (Phi) is 9.34. The van der Waals surface area contributed by atoms with Gasteiger partial charge in [0.1, 0.15) is 11.3 Å². The number of hydrogen-bond donors (Lipinski definition) is 0. The number of hydrogen-bond acceptors (Lipinski definition) is 6. The Labute approximate surface area is 206 Å². The fourth-order valence-electron chi connectivity index (χ4n) is 4.96. The van der Waals surface area contributed by atoms with Crippen LogP contribution < -0.4 is 0 Å². The monoisotopic (exact) mass is 478 g/mol. The second kappa shape index (κ2) is 10.8. The van der Waals surface area contributed by atoms with Crippen molar-refractivity contribution in [3.05, 3.63) is 25.3 Å². The molecule has 4 nitrogen and oxygen atoms in total. The lowest BCUT2D eigenvalue weighted by molar-refractivity contribution is 0.100. The smallest absolute Gasteiger partial charge is 0.109 e. The van der Waals surface area contributed by atoms with Crippen LogP contribution in [0.3, 0.4) is 0 Å². The van der Waals surface area contributed by atoms with Crippen molar-refractivity contribution in [1.29, 1.82) is 0 Å². The van der Waals surface area contributed by atoms with Gasteiger partial charge in [0, 0.05) is 13.1 Å². The molecular weight excluding hydrogens is 432 g/mol. The lowest BCUT2D eigenvalue weighted by Crippen LogP contribution is -2.51. The Balaban J connectivity index is 1.69. The fourth-order valence-corrected chi connectivity index (χ4v) is 7.55. The molecule has 0 atom stereocenters. The molecule has 0 saturated carbocycles. The van der Waals surface area contributed by atoms with Crippen molar-refractivity contribution in [2.75, 3.05) is 24.6 Å². The molecule has 2 rings (SSSR count). The molecule has 0 fully saturated rings. The maximum absolute atomic E-state index is 5.04. The first-order chi connectivity index (χ1) is 14.8. The molecule has 0 saturated heterocycles. The zero-order valence-electron chi connectivity index (χ0n) is 21.8. The summed E-state index contributed by atoms with van der Waals surface area (Å²) in [6.07, 6.45) is 9.04. The van der Waals surface area contributed by atoms with Crippen molar-refractivity contribution in [2.45, 2.75) is 103 Å². The molecule has 32 heavy (non-hydrogen) atoms. The van der Waals surface area contributed by atoms with Crippen molar-refractivity contribution >= 4 is 33.6 Å². The molecule has 6 heteroatoms. The first-order valence-corrected chi connectivity index (χ1v) is 14.0. The van der Waals surface area contributed by atoms with E-state index in [0.29, 0.717) is 0 Å². The summed E-state index contributed by atoms with van der Waals surface area (Å²) in [4.78, 5) is 15.0. The van der Waals surface area contributed by atoms with Gasteiger partial charge in [0.25, 0.3) is 0 Å². The highest BCUT2D eigenvalue weighted by Gasteiger charge is 2.47. The summed E-state index contributed by atoms with van der Waals surface area (Å²) in [6, 6.07) is 0. The maximum Gasteiger partial charge on any atom is 0.109 e. The van der Waals surface area contributed by atoms with Gasteiger partial charge in [0.05, 0.1) is 21.2 Å². The van der Waals surface area contributed by atoms with Gasteiger partial charge in [-0.3, -0.25) is 19.8 Å². The van der Waals surface area contributed by atoms with Gasteiger partial charge in [-0.25, -0.2) is 0 Å². The lowest BCUT2D eigenvalue weighted by atomic mass is 10.0. The predicted molar refractivity (Wildman–Crippen MR) is 148 cm³/mol. The largest absolute Gasteiger partial charge is 0.265 e. The molecule has 2 heterocycles.